The third kappa shape index (κ3) is 4.72. The molecule has 0 aromatic rings. The van der Waals surface area contributed by atoms with E-state index in [0.717, 1.165) is 11.1 Å². The molecule has 9 heteroatoms. The van der Waals surface area contributed by atoms with Crippen molar-refractivity contribution in [2.45, 2.75) is 117 Å². The summed E-state index contributed by atoms with van der Waals surface area (Å²) in [6.45, 7) is 16.7. The van der Waals surface area contributed by atoms with E-state index >= 15 is 0 Å². The van der Waals surface area contributed by atoms with E-state index in [0.29, 0.717) is 6.42 Å². The van der Waals surface area contributed by atoms with Crippen LogP contribution >= 0.6 is 0 Å². The van der Waals surface area contributed by atoms with Gasteiger partial charge in [0, 0.05) is 79.2 Å². The van der Waals surface area contributed by atoms with Gasteiger partial charge in [0.2, 0.25) is 0 Å². The Hall–Kier alpha value is 0.122. The van der Waals surface area contributed by atoms with E-state index in [1.165, 1.54) is 0 Å². The molecular formula is C29H49AcNO7. The van der Waals surface area contributed by atoms with E-state index in [4.69, 9.17) is 4.74 Å². The predicted molar refractivity (Wildman–Crippen MR) is 140 cm³/mol. The number of aliphatic hydroxyl groups excluding tert-OH is 2. The van der Waals surface area contributed by atoms with Crippen molar-refractivity contribution >= 4 is 11.8 Å². The largest absolute Gasteiger partial charge is 0.456 e. The molecule has 0 heterocycles. The minimum absolute atomic E-state index is 0. The van der Waals surface area contributed by atoms with Crippen LogP contribution in [-0.2, 0) is 14.3 Å². The van der Waals surface area contributed by atoms with Crippen molar-refractivity contribution in [3.63, 3.8) is 0 Å². The standard InChI is InChI=1S/C29H49NO7.Ac/c1-11-28(35)20(31)12-14(2)27(9)23(28)17(5)29(36)13-19(37-25(34)22(32)18(6)30-10)15(3)21(26(29,7)8)16(4)24(27)33;/h14,16-20,22-23,30-32,35-36H,11-13H2,1-10H3;/t14-,16+,17-,18?,19?,20?,22?,23?,27+,28-,29?;/m0./s1. The monoisotopic (exact) mass is 750 g/mol. The van der Waals surface area contributed by atoms with Crippen molar-refractivity contribution in [3.05, 3.63) is 11.1 Å². The number of aliphatic hydroxyl groups is 4. The van der Waals surface area contributed by atoms with Crippen molar-refractivity contribution in [2.75, 3.05) is 7.05 Å². The predicted octanol–water partition coefficient (Wildman–Crippen LogP) is 2.36. The summed E-state index contributed by atoms with van der Waals surface area (Å²) in [7, 11) is 1.64. The van der Waals surface area contributed by atoms with Crippen LogP contribution < -0.4 is 5.32 Å². The normalized spacial score (nSPS) is 44.2. The number of hydrogen-bond donors (Lipinski definition) is 5. The van der Waals surface area contributed by atoms with Crippen molar-refractivity contribution in [2.24, 2.45) is 34.5 Å². The van der Waals surface area contributed by atoms with Gasteiger partial charge in [-0.25, -0.2) is 4.79 Å². The van der Waals surface area contributed by atoms with Gasteiger partial charge in [0.05, 0.1) is 17.3 Å². The van der Waals surface area contributed by atoms with Crippen LogP contribution in [0.5, 0.6) is 0 Å². The van der Waals surface area contributed by atoms with Gasteiger partial charge in [0.25, 0.3) is 0 Å². The number of nitrogens with one attached hydrogen (secondary N) is 1. The molecule has 0 aromatic carbocycles. The summed E-state index contributed by atoms with van der Waals surface area (Å²) in [5.41, 5.74) is -3.46. The molecule has 0 saturated heterocycles. The van der Waals surface area contributed by atoms with Crippen LogP contribution in [0.3, 0.4) is 0 Å². The molecule has 0 aromatic heterocycles. The summed E-state index contributed by atoms with van der Waals surface area (Å²) >= 11 is 0. The molecule has 215 valence electrons. The van der Waals surface area contributed by atoms with Crippen LogP contribution in [0.2, 0.25) is 0 Å². The van der Waals surface area contributed by atoms with E-state index in [9.17, 15) is 30.0 Å². The first-order valence-corrected chi connectivity index (χ1v) is 13.8. The molecule has 1 radical (unpaired) electrons. The Kier molecular flexibility index (Phi) is 10.3. The first kappa shape index (κ1) is 34.3. The zero-order chi connectivity index (χ0) is 28.5. The number of carbonyl (C=O) groups excluding carboxylic acids is 2. The number of hydrogen-bond acceptors (Lipinski definition) is 8. The second-order valence-electron chi connectivity index (χ2n) is 12.9. The van der Waals surface area contributed by atoms with Crippen LogP contribution in [0.1, 0.15) is 81.6 Å². The number of likely N-dealkylation sites (N-methyl/N-ethyl adjacent to an activating group) is 1. The number of ether oxygens (including phenoxy) is 1. The van der Waals surface area contributed by atoms with Gasteiger partial charge in [0.15, 0.2) is 6.10 Å². The maximum atomic E-state index is 14.5. The Morgan fingerprint density at radius 3 is 2.24 bits per heavy atom. The molecule has 38 heavy (non-hydrogen) atoms. The topological polar surface area (TPSA) is 136 Å². The van der Waals surface area contributed by atoms with Crippen molar-refractivity contribution in [3.8, 4) is 0 Å². The summed E-state index contributed by atoms with van der Waals surface area (Å²) in [4.78, 5) is 27.3. The van der Waals surface area contributed by atoms with Gasteiger partial charge in [0.1, 0.15) is 11.9 Å². The third-order valence-corrected chi connectivity index (χ3v) is 11.1. The Bertz CT molecular complexity index is 969. The fourth-order valence-electron chi connectivity index (χ4n) is 8.42. The molecule has 3 aliphatic carbocycles. The van der Waals surface area contributed by atoms with Gasteiger partial charge < -0.3 is 30.5 Å². The maximum Gasteiger partial charge on any atom is 0.337 e. The third-order valence-electron chi connectivity index (χ3n) is 11.1. The number of esters is 1. The van der Waals surface area contributed by atoms with Crippen molar-refractivity contribution in [1.82, 2.24) is 5.32 Å². The molecule has 11 atom stereocenters. The van der Waals surface area contributed by atoms with Gasteiger partial charge in [-0.1, -0.05) is 48.5 Å². The second kappa shape index (κ2) is 11.4. The zero-order valence-corrected chi connectivity index (χ0v) is 29.6. The molecule has 0 amide bonds. The van der Waals surface area contributed by atoms with Gasteiger partial charge in [-0.15, -0.1) is 0 Å². The Balaban J connectivity index is 0.00000507. The van der Waals surface area contributed by atoms with E-state index in [1.54, 1.807) is 20.9 Å². The minimum Gasteiger partial charge on any atom is -0.456 e. The van der Waals surface area contributed by atoms with E-state index in [2.05, 4.69) is 5.32 Å². The van der Waals surface area contributed by atoms with Crippen LogP contribution in [0, 0.1) is 78.6 Å². The SMILES string of the molecule is CC[C@]1(O)C(O)C[C@H](C)[C@@]2(C)C(=O)[C@H](C)C3=C(C)C(OC(=O)C(O)C(C)NC)CC(O)([C@@H](C)C12)C3(C)C.[Ac]. The van der Waals surface area contributed by atoms with Gasteiger partial charge >= 0.3 is 5.97 Å². The van der Waals surface area contributed by atoms with E-state index in [-0.39, 0.29) is 68.6 Å². The molecule has 2 fully saturated rings. The molecule has 3 rings (SSSR count). The van der Waals surface area contributed by atoms with Crippen LogP contribution in [-0.4, -0.2) is 74.8 Å². The average molecular weight is 751 g/mol. The number of carbonyl (C=O) groups is 2. The summed E-state index contributed by atoms with van der Waals surface area (Å²) in [5, 5.41) is 49.0. The second-order valence-corrected chi connectivity index (χ2v) is 12.9. The first-order chi connectivity index (χ1) is 16.9. The summed E-state index contributed by atoms with van der Waals surface area (Å²) < 4.78 is 5.82. The average Bonchev–Trinajstić information content (AvgIpc) is 2.83. The molecular weight excluding hydrogens is 701 g/mol. The fraction of sp³-hybridized carbons (Fsp3) is 0.862. The first-order valence-electron chi connectivity index (χ1n) is 13.8. The summed E-state index contributed by atoms with van der Waals surface area (Å²) in [6, 6.07) is -0.529. The molecule has 0 aliphatic heterocycles. The number of Topliss-reactive ketones (excluding diaryl/α,β-unsaturated/α-hetero) is 1. The molecule has 3 aliphatic rings. The Labute approximate surface area is 263 Å². The summed E-state index contributed by atoms with van der Waals surface area (Å²) in [5.74, 6) is -3.01. The van der Waals surface area contributed by atoms with Crippen LogP contribution in [0.15, 0.2) is 11.1 Å². The minimum atomic E-state index is -1.57. The summed E-state index contributed by atoms with van der Waals surface area (Å²) in [6.07, 6.45) is -2.68. The quantitative estimate of drug-likeness (QED) is 0.214. The molecule has 0 spiro atoms. The van der Waals surface area contributed by atoms with Gasteiger partial charge in [-0.2, -0.15) is 0 Å². The van der Waals surface area contributed by atoms with Crippen LogP contribution in [0.4, 0.5) is 0 Å². The number of ketones is 1. The smallest absolute Gasteiger partial charge is 0.337 e. The Morgan fingerprint density at radius 2 is 1.74 bits per heavy atom. The molecule has 6 unspecified atom stereocenters. The van der Waals surface area contributed by atoms with Crippen LogP contribution in [0.25, 0.3) is 0 Å². The van der Waals surface area contributed by atoms with Crippen molar-refractivity contribution < 1.29 is 78.8 Å². The molecule has 8 nitrogen and oxygen atoms in total. The Morgan fingerprint density at radius 1 is 1.18 bits per heavy atom. The molecule has 2 saturated carbocycles. The van der Waals surface area contributed by atoms with Gasteiger partial charge in [-0.05, 0) is 56.7 Å². The fourth-order valence-corrected chi connectivity index (χ4v) is 8.42. The maximum absolute atomic E-state index is 14.5. The molecule has 5 N–H and O–H groups in total. The van der Waals surface area contributed by atoms with Gasteiger partial charge in [-0.3, -0.25) is 4.79 Å². The van der Waals surface area contributed by atoms with E-state index < -0.39 is 70.1 Å². The number of fused-ring (bicyclic) bond motifs is 3. The van der Waals surface area contributed by atoms with Crippen molar-refractivity contribution in [1.29, 1.82) is 0 Å². The number of rotatable bonds is 5. The molecule has 2 bridgehead atoms. The van der Waals surface area contributed by atoms with E-state index in [1.807, 2.05) is 48.5 Å². The zero-order valence-electron chi connectivity index (χ0n) is 24.8.